The summed E-state index contributed by atoms with van der Waals surface area (Å²) in [7, 11) is -3.19. The van der Waals surface area contributed by atoms with Crippen molar-refractivity contribution in [2.45, 2.75) is 19.1 Å². The molecule has 0 saturated carbocycles. The van der Waals surface area contributed by atoms with Gasteiger partial charge in [-0.2, -0.15) is 13.2 Å². The van der Waals surface area contributed by atoms with E-state index in [2.05, 4.69) is 21.2 Å². The van der Waals surface area contributed by atoms with Crippen LogP contribution in [0.15, 0.2) is 22.7 Å². The van der Waals surface area contributed by atoms with Crippen LogP contribution in [-0.4, -0.2) is 26.5 Å². The van der Waals surface area contributed by atoms with E-state index in [-0.39, 0.29) is 11.4 Å². The van der Waals surface area contributed by atoms with Gasteiger partial charge in [-0.1, -0.05) is 0 Å². The molecule has 0 amide bonds. The Morgan fingerprint density at radius 3 is 2.42 bits per heavy atom. The first kappa shape index (κ1) is 16.3. The molecule has 3 nitrogen and oxygen atoms in total. The molecule has 0 aromatic heterocycles. The quantitative estimate of drug-likeness (QED) is 0.896. The molecular formula is C11H13BrF3NO2S. The highest BCUT2D eigenvalue weighted by atomic mass is 79.9. The molecule has 1 N–H and O–H groups in total. The molecule has 8 heteroatoms. The fraction of sp³-hybridized carbons (Fsp3) is 0.455. The third kappa shape index (κ3) is 5.40. The van der Waals surface area contributed by atoms with Crippen LogP contribution in [0.2, 0.25) is 0 Å². The van der Waals surface area contributed by atoms with Gasteiger partial charge >= 0.3 is 6.18 Å². The lowest BCUT2D eigenvalue weighted by atomic mass is 10.2. The first-order valence-corrected chi connectivity index (χ1v) is 8.15. The summed E-state index contributed by atoms with van der Waals surface area (Å²) < 4.78 is 60.4. The van der Waals surface area contributed by atoms with E-state index in [1.807, 2.05) is 0 Å². The standard InChI is InChI=1S/C11H13BrF3NO2S/c1-7(6-19(2,17)18)16-10-5-8(11(13,14)15)3-4-9(10)12/h3-5,7,16H,6H2,1-2H3. The summed E-state index contributed by atoms with van der Waals surface area (Å²) in [6, 6.07) is 2.69. The highest BCUT2D eigenvalue weighted by Gasteiger charge is 2.31. The maximum Gasteiger partial charge on any atom is 0.416 e. The third-order valence-corrected chi connectivity index (χ3v) is 4.05. The van der Waals surface area contributed by atoms with Crippen molar-refractivity contribution in [2.75, 3.05) is 17.3 Å². The number of hydrogen-bond donors (Lipinski definition) is 1. The van der Waals surface area contributed by atoms with Gasteiger partial charge in [0.25, 0.3) is 0 Å². The van der Waals surface area contributed by atoms with E-state index < -0.39 is 27.6 Å². The van der Waals surface area contributed by atoms with Crippen LogP contribution in [0, 0.1) is 0 Å². The molecule has 0 bridgehead atoms. The van der Waals surface area contributed by atoms with Crippen LogP contribution >= 0.6 is 15.9 Å². The predicted molar refractivity (Wildman–Crippen MR) is 71.9 cm³/mol. The number of benzene rings is 1. The number of nitrogens with one attached hydrogen (secondary N) is 1. The van der Waals surface area contributed by atoms with Gasteiger partial charge in [-0.25, -0.2) is 8.42 Å². The molecule has 0 aliphatic carbocycles. The zero-order valence-corrected chi connectivity index (χ0v) is 12.7. The highest BCUT2D eigenvalue weighted by molar-refractivity contribution is 9.10. The van der Waals surface area contributed by atoms with Crippen LogP contribution in [0.5, 0.6) is 0 Å². The topological polar surface area (TPSA) is 46.2 Å². The molecule has 0 fully saturated rings. The fourth-order valence-electron chi connectivity index (χ4n) is 1.57. The lowest BCUT2D eigenvalue weighted by Crippen LogP contribution is -2.25. The second-order valence-corrected chi connectivity index (χ2v) is 7.37. The lowest BCUT2D eigenvalue weighted by Gasteiger charge is -2.17. The van der Waals surface area contributed by atoms with Gasteiger partial charge in [0, 0.05) is 22.5 Å². The molecule has 0 spiro atoms. The van der Waals surface area contributed by atoms with Crippen LogP contribution in [-0.2, 0) is 16.0 Å². The zero-order chi connectivity index (χ0) is 14.8. The Labute approximate surface area is 118 Å². The van der Waals surface area contributed by atoms with Gasteiger partial charge in [0.2, 0.25) is 0 Å². The molecule has 1 rings (SSSR count). The number of sulfone groups is 1. The SMILES string of the molecule is CC(CS(C)(=O)=O)Nc1cc(C(F)(F)F)ccc1Br. The smallest absolute Gasteiger partial charge is 0.381 e. The fourth-order valence-corrected chi connectivity index (χ4v) is 2.93. The van der Waals surface area contributed by atoms with Crippen LogP contribution < -0.4 is 5.32 Å². The summed E-state index contributed by atoms with van der Waals surface area (Å²) in [6.07, 6.45) is -3.36. The minimum absolute atomic E-state index is 0.157. The molecule has 0 heterocycles. The van der Waals surface area contributed by atoms with Crippen molar-refractivity contribution in [3.05, 3.63) is 28.2 Å². The average molecular weight is 360 g/mol. The maximum atomic E-state index is 12.6. The number of alkyl halides is 3. The summed E-state index contributed by atoms with van der Waals surface area (Å²) in [6.45, 7) is 1.59. The number of rotatable bonds is 4. The van der Waals surface area contributed by atoms with Crippen LogP contribution in [0.3, 0.4) is 0 Å². The third-order valence-electron chi connectivity index (χ3n) is 2.25. The molecule has 0 saturated heterocycles. The molecule has 1 atom stereocenters. The van der Waals surface area contributed by atoms with E-state index >= 15 is 0 Å². The van der Waals surface area contributed by atoms with E-state index in [0.717, 1.165) is 18.4 Å². The van der Waals surface area contributed by atoms with Gasteiger partial charge in [-0.15, -0.1) is 0 Å². The largest absolute Gasteiger partial charge is 0.416 e. The van der Waals surface area contributed by atoms with E-state index in [4.69, 9.17) is 0 Å². The summed E-state index contributed by atoms with van der Waals surface area (Å²) >= 11 is 3.13. The minimum Gasteiger partial charge on any atom is -0.381 e. The molecular weight excluding hydrogens is 347 g/mol. The monoisotopic (exact) mass is 359 g/mol. The van der Waals surface area contributed by atoms with E-state index in [9.17, 15) is 21.6 Å². The lowest BCUT2D eigenvalue weighted by molar-refractivity contribution is -0.137. The van der Waals surface area contributed by atoms with Crippen molar-refractivity contribution < 1.29 is 21.6 Å². The van der Waals surface area contributed by atoms with E-state index in [1.165, 1.54) is 6.07 Å². The normalized spacial score (nSPS) is 14.2. The minimum atomic E-state index is -4.43. The Morgan fingerprint density at radius 1 is 1.37 bits per heavy atom. The van der Waals surface area contributed by atoms with Crippen LogP contribution in [0.1, 0.15) is 12.5 Å². The van der Waals surface area contributed by atoms with Gasteiger partial charge in [-0.3, -0.25) is 0 Å². The first-order chi connectivity index (χ1) is 8.49. The van der Waals surface area contributed by atoms with Gasteiger partial charge < -0.3 is 5.32 Å². The van der Waals surface area contributed by atoms with Gasteiger partial charge in [0.05, 0.1) is 11.3 Å². The van der Waals surface area contributed by atoms with Crippen LogP contribution in [0.25, 0.3) is 0 Å². The Hall–Kier alpha value is -0.760. The van der Waals surface area contributed by atoms with Gasteiger partial charge in [0.1, 0.15) is 9.84 Å². The Kier molecular flexibility index (Phi) is 4.89. The Morgan fingerprint density at radius 2 is 1.95 bits per heavy atom. The first-order valence-electron chi connectivity index (χ1n) is 5.30. The highest BCUT2D eigenvalue weighted by Crippen LogP contribution is 2.34. The molecule has 1 aromatic carbocycles. The molecule has 0 aliphatic heterocycles. The molecule has 1 unspecified atom stereocenters. The van der Waals surface area contributed by atoms with Crippen molar-refractivity contribution in [3.63, 3.8) is 0 Å². The van der Waals surface area contributed by atoms with Crippen LogP contribution in [0.4, 0.5) is 18.9 Å². The van der Waals surface area contributed by atoms with Crippen molar-refractivity contribution in [2.24, 2.45) is 0 Å². The van der Waals surface area contributed by atoms with E-state index in [0.29, 0.717) is 4.47 Å². The summed E-state index contributed by atoms with van der Waals surface area (Å²) in [5.41, 5.74) is -0.573. The number of halogens is 4. The van der Waals surface area contributed by atoms with Crippen molar-refractivity contribution in [1.29, 1.82) is 0 Å². The van der Waals surface area contributed by atoms with Gasteiger partial charge in [0.15, 0.2) is 0 Å². The van der Waals surface area contributed by atoms with Crippen molar-refractivity contribution >= 4 is 31.5 Å². The Bertz CT molecular complexity index is 558. The predicted octanol–water partition coefficient (Wildman–Crippen LogP) is 3.31. The molecule has 19 heavy (non-hydrogen) atoms. The molecule has 0 aliphatic rings. The average Bonchev–Trinajstić information content (AvgIpc) is 2.16. The van der Waals surface area contributed by atoms with Crippen molar-refractivity contribution in [3.8, 4) is 0 Å². The maximum absolute atomic E-state index is 12.6. The van der Waals surface area contributed by atoms with Crippen molar-refractivity contribution in [1.82, 2.24) is 0 Å². The van der Waals surface area contributed by atoms with E-state index in [1.54, 1.807) is 6.92 Å². The second kappa shape index (κ2) is 5.70. The molecule has 1 aromatic rings. The summed E-state index contributed by atoms with van der Waals surface area (Å²) in [5, 5.41) is 2.75. The second-order valence-electron chi connectivity index (χ2n) is 4.33. The zero-order valence-electron chi connectivity index (χ0n) is 10.3. The number of hydrogen-bond acceptors (Lipinski definition) is 3. The van der Waals surface area contributed by atoms with Gasteiger partial charge in [-0.05, 0) is 41.1 Å². The summed E-state index contributed by atoms with van der Waals surface area (Å²) in [4.78, 5) is 0. The molecule has 108 valence electrons. The number of anilines is 1. The summed E-state index contributed by atoms with van der Waals surface area (Å²) in [5.74, 6) is -0.157. The molecule has 0 radical (unpaired) electrons. The Balaban J connectivity index is 2.95.